The molecule has 0 bridgehead atoms. The number of aryl methyl sites for hydroxylation is 1. The van der Waals surface area contributed by atoms with Gasteiger partial charge in [-0.15, -0.1) is 34.2 Å². The molecule has 1 aliphatic rings. The van der Waals surface area contributed by atoms with Crippen LogP contribution in [-0.4, -0.2) is 65.8 Å². The molecular formula is C17H32IN7O. The van der Waals surface area contributed by atoms with Crippen LogP contribution in [0.2, 0.25) is 0 Å². The van der Waals surface area contributed by atoms with Crippen LogP contribution < -0.4 is 10.6 Å². The average Bonchev–Trinajstić information content (AvgIpc) is 3.26. The van der Waals surface area contributed by atoms with Crippen molar-refractivity contribution in [2.24, 2.45) is 10.4 Å². The lowest BCUT2D eigenvalue weighted by Gasteiger charge is -2.31. The number of amides is 1. The van der Waals surface area contributed by atoms with E-state index in [1.165, 1.54) is 0 Å². The zero-order valence-corrected chi connectivity index (χ0v) is 18.6. The molecule has 1 aromatic heterocycles. The van der Waals surface area contributed by atoms with Crippen molar-refractivity contribution in [3.05, 3.63) is 12.2 Å². The molecule has 2 N–H and O–H groups in total. The first-order chi connectivity index (χ1) is 12.0. The lowest BCUT2D eigenvalue weighted by atomic mass is 9.84. The van der Waals surface area contributed by atoms with Crippen molar-refractivity contribution in [2.45, 2.75) is 45.6 Å². The summed E-state index contributed by atoms with van der Waals surface area (Å²) in [7, 11) is 5.42. The number of guanidine groups is 1. The van der Waals surface area contributed by atoms with E-state index < -0.39 is 0 Å². The average molecular weight is 477 g/mol. The van der Waals surface area contributed by atoms with Crippen molar-refractivity contribution >= 4 is 35.8 Å². The number of rotatable bonds is 7. The first-order valence-electron chi connectivity index (χ1n) is 9.05. The Kier molecular flexibility index (Phi) is 9.31. The molecule has 0 saturated heterocycles. The Morgan fingerprint density at radius 1 is 1.35 bits per heavy atom. The highest BCUT2D eigenvalue weighted by atomic mass is 127. The summed E-state index contributed by atoms with van der Waals surface area (Å²) < 4.78 is 2.04. The minimum absolute atomic E-state index is 0. The maximum atomic E-state index is 12.6. The third-order valence-electron chi connectivity index (χ3n) is 4.90. The summed E-state index contributed by atoms with van der Waals surface area (Å²) in [6, 6.07) is 0. The van der Waals surface area contributed by atoms with Crippen molar-refractivity contribution in [3.8, 4) is 0 Å². The molecular weight excluding hydrogens is 445 g/mol. The third kappa shape index (κ3) is 5.55. The number of hydrogen-bond acceptors (Lipinski definition) is 4. The Hall–Kier alpha value is -1.39. The summed E-state index contributed by atoms with van der Waals surface area (Å²) >= 11 is 0. The predicted octanol–water partition coefficient (Wildman–Crippen LogP) is 1.27. The van der Waals surface area contributed by atoms with Crippen LogP contribution in [0.15, 0.2) is 11.3 Å². The van der Waals surface area contributed by atoms with Gasteiger partial charge in [0.25, 0.3) is 0 Å². The van der Waals surface area contributed by atoms with Gasteiger partial charge < -0.3 is 20.1 Å². The van der Waals surface area contributed by atoms with Gasteiger partial charge in [0.05, 0.1) is 5.41 Å². The number of carbonyl (C=O) groups excluding carboxylic acids is 1. The number of halogens is 1. The van der Waals surface area contributed by atoms with Gasteiger partial charge in [0.2, 0.25) is 5.91 Å². The first-order valence-corrected chi connectivity index (χ1v) is 9.05. The molecule has 1 saturated carbocycles. The van der Waals surface area contributed by atoms with Crippen LogP contribution in [0, 0.1) is 5.41 Å². The minimum atomic E-state index is -0.301. The number of nitrogens with zero attached hydrogens (tertiary/aromatic N) is 5. The van der Waals surface area contributed by atoms with Gasteiger partial charge in [-0.3, -0.25) is 9.79 Å². The van der Waals surface area contributed by atoms with Crippen molar-refractivity contribution in [1.29, 1.82) is 0 Å². The third-order valence-corrected chi connectivity index (χ3v) is 4.90. The van der Waals surface area contributed by atoms with E-state index in [1.54, 1.807) is 18.3 Å². The van der Waals surface area contributed by atoms with Crippen LogP contribution in [0.4, 0.5) is 0 Å². The first kappa shape index (κ1) is 22.7. The Morgan fingerprint density at radius 2 is 2.04 bits per heavy atom. The summed E-state index contributed by atoms with van der Waals surface area (Å²) in [5, 5.41) is 14.7. The second-order valence-corrected chi connectivity index (χ2v) is 6.83. The van der Waals surface area contributed by atoms with Crippen molar-refractivity contribution in [1.82, 2.24) is 30.3 Å². The Morgan fingerprint density at radius 3 is 2.62 bits per heavy atom. The van der Waals surface area contributed by atoms with Crippen molar-refractivity contribution in [3.63, 3.8) is 0 Å². The van der Waals surface area contributed by atoms with E-state index in [1.807, 2.05) is 18.7 Å². The Bertz CT molecular complexity index is 594. The van der Waals surface area contributed by atoms with Gasteiger partial charge in [0.1, 0.15) is 12.2 Å². The predicted molar refractivity (Wildman–Crippen MR) is 114 cm³/mol. The molecule has 0 atom stereocenters. The van der Waals surface area contributed by atoms with E-state index in [-0.39, 0.29) is 35.3 Å². The molecule has 2 rings (SSSR count). The lowest BCUT2D eigenvalue weighted by Crippen LogP contribution is -2.49. The number of aromatic nitrogens is 3. The van der Waals surface area contributed by atoms with E-state index in [4.69, 9.17) is 0 Å². The second kappa shape index (κ2) is 10.7. The van der Waals surface area contributed by atoms with Gasteiger partial charge in [0.15, 0.2) is 5.96 Å². The fourth-order valence-electron chi connectivity index (χ4n) is 3.50. The zero-order valence-electron chi connectivity index (χ0n) is 16.3. The standard InChI is InChI=1S/C17H31N7O.HI/c1-5-14-22-21-13-24(14)11-10-19-16(18-2)20-12-17(8-6-7-9-17)15(25)23(3)4;/h13H,5-12H2,1-4H3,(H2,18,19,20);1H. The molecule has 0 radical (unpaired) electrons. The highest BCUT2D eigenvalue weighted by Crippen LogP contribution is 2.38. The highest BCUT2D eigenvalue weighted by molar-refractivity contribution is 14.0. The number of aliphatic imine (C=N–C) groups is 1. The molecule has 1 fully saturated rings. The highest BCUT2D eigenvalue weighted by Gasteiger charge is 2.42. The minimum Gasteiger partial charge on any atom is -0.355 e. The molecule has 26 heavy (non-hydrogen) atoms. The molecule has 0 aromatic carbocycles. The summed E-state index contributed by atoms with van der Waals surface area (Å²) in [5.74, 6) is 1.92. The molecule has 9 heteroatoms. The van der Waals surface area contributed by atoms with Gasteiger partial charge in [-0.1, -0.05) is 19.8 Å². The number of carbonyl (C=O) groups is 1. The molecule has 0 spiro atoms. The Labute approximate surface area is 173 Å². The largest absolute Gasteiger partial charge is 0.355 e. The van der Waals surface area contributed by atoms with Crippen molar-refractivity contribution < 1.29 is 4.79 Å². The molecule has 1 amide bonds. The molecule has 1 aliphatic carbocycles. The van der Waals surface area contributed by atoms with Gasteiger partial charge in [0, 0.05) is 47.2 Å². The summed E-state index contributed by atoms with van der Waals surface area (Å²) in [6.45, 7) is 4.19. The maximum absolute atomic E-state index is 12.6. The normalized spacial score (nSPS) is 16.1. The summed E-state index contributed by atoms with van der Waals surface area (Å²) in [6.07, 6.45) is 6.71. The van der Waals surface area contributed by atoms with Gasteiger partial charge in [-0.2, -0.15) is 0 Å². The van der Waals surface area contributed by atoms with E-state index in [2.05, 4.69) is 32.7 Å². The van der Waals surface area contributed by atoms with E-state index in [0.29, 0.717) is 6.54 Å². The van der Waals surface area contributed by atoms with Crippen LogP contribution in [-0.2, 0) is 17.8 Å². The zero-order chi connectivity index (χ0) is 18.3. The molecule has 1 aromatic rings. The van der Waals surface area contributed by atoms with Crippen LogP contribution in [0.3, 0.4) is 0 Å². The van der Waals surface area contributed by atoms with Gasteiger partial charge >= 0.3 is 0 Å². The molecule has 148 valence electrons. The fraction of sp³-hybridized carbons (Fsp3) is 0.765. The van der Waals surface area contributed by atoms with Gasteiger partial charge in [-0.05, 0) is 12.8 Å². The Balaban J connectivity index is 0.00000338. The monoisotopic (exact) mass is 477 g/mol. The second-order valence-electron chi connectivity index (χ2n) is 6.83. The van der Waals surface area contributed by atoms with Gasteiger partial charge in [-0.25, -0.2) is 0 Å². The maximum Gasteiger partial charge on any atom is 0.230 e. The van der Waals surface area contributed by atoms with Crippen LogP contribution in [0.25, 0.3) is 0 Å². The van der Waals surface area contributed by atoms with Crippen LogP contribution >= 0.6 is 24.0 Å². The van der Waals surface area contributed by atoms with Crippen LogP contribution in [0.5, 0.6) is 0 Å². The smallest absolute Gasteiger partial charge is 0.230 e. The quantitative estimate of drug-likeness (QED) is 0.351. The van der Waals surface area contributed by atoms with Crippen molar-refractivity contribution in [2.75, 3.05) is 34.2 Å². The summed E-state index contributed by atoms with van der Waals surface area (Å²) in [4.78, 5) is 18.6. The number of hydrogen-bond donors (Lipinski definition) is 2. The SMILES string of the molecule is CCc1nncn1CCNC(=NC)NCC1(C(=O)N(C)C)CCCC1.I. The fourth-order valence-corrected chi connectivity index (χ4v) is 3.50. The van der Waals surface area contributed by atoms with E-state index >= 15 is 0 Å². The lowest BCUT2D eigenvalue weighted by molar-refractivity contribution is -0.138. The molecule has 1 heterocycles. The topological polar surface area (TPSA) is 87.4 Å². The number of nitrogens with one attached hydrogen (secondary N) is 2. The summed E-state index contributed by atoms with van der Waals surface area (Å²) in [5.41, 5.74) is -0.301. The van der Waals surface area contributed by atoms with E-state index in [0.717, 1.165) is 57.0 Å². The van der Waals surface area contributed by atoms with Crippen LogP contribution in [0.1, 0.15) is 38.4 Å². The molecule has 0 unspecified atom stereocenters. The molecule has 0 aliphatic heterocycles. The molecule has 8 nitrogen and oxygen atoms in total. The van der Waals surface area contributed by atoms with E-state index in [9.17, 15) is 4.79 Å².